The first-order valence-electron chi connectivity index (χ1n) is 4.39. The summed E-state index contributed by atoms with van der Waals surface area (Å²) in [5.41, 5.74) is 5.27. The Morgan fingerprint density at radius 3 is 2.69 bits per heavy atom. The van der Waals surface area contributed by atoms with E-state index in [1.807, 2.05) is 0 Å². The number of likely N-dealkylation sites (tertiary alicyclic amines) is 1. The number of nitrogens with two attached hydrogens (primary N) is 1. The van der Waals surface area contributed by atoms with Gasteiger partial charge in [-0.25, -0.2) is 4.79 Å². The van der Waals surface area contributed by atoms with E-state index < -0.39 is 12.0 Å². The summed E-state index contributed by atoms with van der Waals surface area (Å²) in [7, 11) is 0. The summed E-state index contributed by atoms with van der Waals surface area (Å²) in [6.45, 7) is 1.03. The summed E-state index contributed by atoms with van der Waals surface area (Å²) in [6, 6.07) is -0.662. The monoisotopic (exact) mass is 186 g/mol. The van der Waals surface area contributed by atoms with Gasteiger partial charge in [0.15, 0.2) is 0 Å². The third-order valence-corrected chi connectivity index (χ3v) is 2.23. The van der Waals surface area contributed by atoms with Gasteiger partial charge in [0, 0.05) is 13.0 Å². The Hall–Kier alpha value is -1.10. The van der Waals surface area contributed by atoms with Crippen LogP contribution in [0, 0.1) is 0 Å². The molecule has 74 valence electrons. The van der Waals surface area contributed by atoms with Crippen LogP contribution < -0.4 is 5.73 Å². The number of hydrogen-bond donors (Lipinski definition) is 2. The van der Waals surface area contributed by atoms with Crippen molar-refractivity contribution in [2.75, 3.05) is 13.1 Å². The first-order chi connectivity index (χ1) is 6.16. The summed E-state index contributed by atoms with van der Waals surface area (Å²) < 4.78 is 0. The van der Waals surface area contributed by atoms with E-state index in [0.29, 0.717) is 32.4 Å². The number of carboxylic acid groups (broad SMARTS) is 1. The molecule has 0 spiro atoms. The Kier molecular flexibility index (Phi) is 3.25. The number of β-lactam (4-membered cyclic amide) rings is 1. The Balaban J connectivity index is 2.46. The molecular weight excluding hydrogens is 172 g/mol. The Morgan fingerprint density at radius 1 is 1.69 bits per heavy atom. The molecule has 1 aliphatic rings. The molecule has 1 saturated heterocycles. The standard InChI is InChI=1S/C8H14N2O3/c9-4-1-2-6(8(12)13)10-5-3-7(10)11/h6H,1-5,9H2,(H,12,13). The average Bonchev–Trinajstić information content (AvgIpc) is 2.08. The van der Waals surface area contributed by atoms with Crippen LogP contribution in [-0.4, -0.2) is 41.0 Å². The molecule has 1 aliphatic heterocycles. The molecule has 0 aliphatic carbocycles. The van der Waals surface area contributed by atoms with Gasteiger partial charge in [0.05, 0.1) is 0 Å². The molecule has 0 radical (unpaired) electrons. The first kappa shape index (κ1) is 9.98. The zero-order chi connectivity index (χ0) is 9.84. The van der Waals surface area contributed by atoms with Crippen molar-refractivity contribution in [1.29, 1.82) is 0 Å². The molecule has 0 bridgehead atoms. The molecule has 0 aromatic rings. The zero-order valence-electron chi connectivity index (χ0n) is 7.40. The maximum absolute atomic E-state index is 11.0. The highest BCUT2D eigenvalue weighted by Gasteiger charge is 2.34. The highest BCUT2D eigenvalue weighted by atomic mass is 16.4. The molecule has 1 fully saturated rings. The fourth-order valence-corrected chi connectivity index (χ4v) is 1.39. The second-order valence-electron chi connectivity index (χ2n) is 3.12. The second kappa shape index (κ2) is 4.23. The lowest BCUT2D eigenvalue weighted by molar-refractivity contribution is -0.156. The Morgan fingerprint density at radius 2 is 2.38 bits per heavy atom. The van der Waals surface area contributed by atoms with Crippen LogP contribution in [0.25, 0.3) is 0 Å². The van der Waals surface area contributed by atoms with Crippen LogP contribution in [0.15, 0.2) is 0 Å². The molecule has 5 heteroatoms. The predicted octanol–water partition coefficient (Wildman–Crippen LogP) is -0.589. The summed E-state index contributed by atoms with van der Waals surface area (Å²) in [6.07, 6.45) is 1.57. The van der Waals surface area contributed by atoms with Crippen LogP contribution in [0.5, 0.6) is 0 Å². The van der Waals surface area contributed by atoms with Crippen LogP contribution in [0.3, 0.4) is 0 Å². The van der Waals surface area contributed by atoms with E-state index in [0.717, 1.165) is 0 Å². The number of aliphatic carboxylic acids is 1. The van der Waals surface area contributed by atoms with Gasteiger partial charge in [0.1, 0.15) is 6.04 Å². The van der Waals surface area contributed by atoms with Crippen molar-refractivity contribution in [3.8, 4) is 0 Å². The van der Waals surface area contributed by atoms with Crippen molar-refractivity contribution in [2.24, 2.45) is 5.73 Å². The van der Waals surface area contributed by atoms with E-state index in [1.165, 1.54) is 4.90 Å². The van der Waals surface area contributed by atoms with E-state index in [2.05, 4.69) is 0 Å². The molecule has 1 rings (SSSR count). The fraction of sp³-hybridized carbons (Fsp3) is 0.750. The number of hydrogen-bond acceptors (Lipinski definition) is 3. The first-order valence-corrected chi connectivity index (χ1v) is 4.39. The summed E-state index contributed by atoms with van der Waals surface area (Å²) in [5.74, 6) is -0.995. The van der Waals surface area contributed by atoms with Gasteiger partial charge in [-0.1, -0.05) is 0 Å². The van der Waals surface area contributed by atoms with Crippen LogP contribution in [0.1, 0.15) is 19.3 Å². The number of carbonyl (C=O) groups is 2. The molecule has 0 aromatic carbocycles. The second-order valence-corrected chi connectivity index (χ2v) is 3.12. The maximum Gasteiger partial charge on any atom is 0.326 e. The minimum absolute atomic E-state index is 0.0654. The SMILES string of the molecule is NCCCC(C(=O)O)N1CCC1=O. The lowest BCUT2D eigenvalue weighted by atomic mass is 10.0. The largest absolute Gasteiger partial charge is 0.480 e. The quantitative estimate of drug-likeness (QED) is 0.562. The van der Waals surface area contributed by atoms with Crippen LogP contribution in [0.2, 0.25) is 0 Å². The van der Waals surface area contributed by atoms with Crippen molar-refractivity contribution in [3.63, 3.8) is 0 Å². The van der Waals surface area contributed by atoms with Gasteiger partial charge in [0.2, 0.25) is 5.91 Å². The zero-order valence-corrected chi connectivity index (χ0v) is 7.40. The lowest BCUT2D eigenvalue weighted by Gasteiger charge is -2.35. The summed E-state index contributed by atoms with van der Waals surface area (Å²) >= 11 is 0. The molecule has 0 saturated carbocycles. The van der Waals surface area contributed by atoms with Gasteiger partial charge in [-0.3, -0.25) is 4.79 Å². The van der Waals surface area contributed by atoms with E-state index in [-0.39, 0.29) is 5.91 Å². The van der Waals surface area contributed by atoms with Crippen LogP contribution >= 0.6 is 0 Å². The lowest BCUT2D eigenvalue weighted by Crippen LogP contribution is -2.53. The summed E-state index contributed by atoms with van der Waals surface area (Å²) in [5, 5.41) is 8.82. The smallest absolute Gasteiger partial charge is 0.326 e. The normalized spacial score (nSPS) is 18.2. The van der Waals surface area contributed by atoms with Crippen LogP contribution in [-0.2, 0) is 9.59 Å². The third-order valence-electron chi connectivity index (χ3n) is 2.23. The van der Waals surface area contributed by atoms with Crippen molar-refractivity contribution in [2.45, 2.75) is 25.3 Å². The number of carboxylic acids is 1. The number of rotatable bonds is 5. The molecule has 3 N–H and O–H groups in total. The third kappa shape index (κ3) is 2.18. The van der Waals surface area contributed by atoms with Crippen molar-refractivity contribution in [3.05, 3.63) is 0 Å². The average molecular weight is 186 g/mol. The maximum atomic E-state index is 11.0. The molecule has 13 heavy (non-hydrogen) atoms. The predicted molar refractivity (Wildman–Crippen MR) is 46.0 cm³/mol. The molecule has 1 amide bonds. The van der Waals surface area contributed by atoms with Crippen molar-refractivity contribution >= 4 is 11.9 Å². The van der Waals surface area contributed by atoms with Gasteiger partial charge in [-0.2, -0.15) is 0 Å². The molecule has 1 unspecified atom stereocenters. The van der Waals surface area contributed by atoms with Crippen molar-refractivity contribution in [1.82, 2.24) is 4.90 Å². The van der Waals surface area contributed by atoms with E-state index >= 15 is 0 Å². The molecule has 5 nitrogen and oxygen atoms in total. The summed E-state index contributed by atoms with van der Waals surface area (Å²) in [4.78, 5) is 23.1. The minimum atomic E-state index is -0.929. The van der Waals surface area contributed by atoms with Crippen LogP contribution in [0.4, 0.5) is 0 Å². The molecule has 1 heterocycles. The van der Waals surface area contributed by atoms with E-state index in [1.54, 1.807) is 0 Å². The van der Waals surface area contributed by atoms with Gasteiger partial charge in [-0.05, 0) is 19.4 Å². The number of amides is 1. The molecule has 0 aromatic heterocycles. The minimum Gasteiger partial charge on any atom is -0.480 e. The van der Waals surface area contributed by atoms with Crippen molar-refractivity contribution < 1.29 is 14.7 Å². The van der Waals surface area contributed by atoms with Gasteiger partial charge in [-0.15, -0.1) is 0 Å². The number of carbonyl (C=O) groups excluding carboxylic acids is 1. The van der Waals surface area contributed by atoms with E-state index in [4.69, 9.17) is 10.8 Å². The molecular formula is C8H14N2O3. The van der Waals surface area contributed by atoms with Gasteiger partial charge in [0.25, 0.3) is 0 Å². The fourth-order valence-electron chi connectivity index (χ4n) is 1.39. The molecule has 1 atom stereocenters. The van der Waals surface area contributed by atoms with E-state index in [9.17, 15) is 9.59 Å². The Labute approximate surface area is 76.5 Å². The van der Waals surface area contributed by atoms with Gasteiger partial charge < -0.3 is 15.7 Å². The topological polar surface area (TPSA) is 83.6 Å². The van der Waals surface area contributed by atoms with Gasteiger partial charge >= 0.3 is 5.97 Å². The highest BCUT2D eigenvalue weighted by Crippen LogP contribution is 2.16. The number of nitrogens with zero attached hydrogens (tertiary/aromatic N) is 1. The Bertz CT molecular complexity index is 217. The highest BCUT2D eigenvalue weighted by molar-refractivity contribution is 5.87.